The molecule has 0 bridgehead atoms. The maximum atomic E-state index is 6.17. The molecule has 1 atom stereocenters. The number of fused-ring (bicyclic) bond motifs is 1. The summed E-state index contributed by atoms with van der Waals surface area (Å²) in [5.41, 5.74) is 0.595. The van der Waals surface area contributed by atoms with Crippen LogP contribution in [0.2, 0.25) is 15.1 Å². The molecule has 2 aromatic rings. The third-order valence-corrected chi connectivity index (χ3v) is 4.02. The molecule has 0 saturated carbocycles. The van der Waals surface area contributed by atoms with Gasteiger partial charge in [0.15, 0.2) is 5.58 Å². The molecule has 0 radical (unpaired) electrons. The minimum absolute atomic E-state index is 0.160. The van der Waals surface area contributed by atoms with Crippen molar-refractivity contribution in [3.8, 4) is 0 Å². The zero-order valence-electron chi connectivity index (χ0n) is 10.2. The highest BCUT2D eigenvalue weighted by Gasteiger charge is 2.18. The Morgan fingerprint density at radius 3 is 2.56 bits per heavy atom. The predicted molar refractivity (Wildman–Crippen MR) is 78.0 cm³/mol. The van der Waals surface area contributed by atoms with Gasteiger partial charge in [-0.05, 0) is 25.6 Å². The van der Waals surface area contributed by atoms with Gasteiger partial charge in [0.05, 0.1) is 21.1 Å². The molecular formula is C13H14Cl3NO. The second-order valence-corrected chi connectivity index (χ2v) is 5.37. The van der Waals surface area contributed by atoms with E-state index in [1.54, 1.807) is 6.07 Å². The lowest BCUT2D eigenvalue weighted by Gasteiger charge is -2.11. The van der Waals surface area contributed by atoms with Crippen LogP contribution in [0.1, 0.15) is 31.6 Å². The Morgan fingerprint density at radius 2 is 1.94 bits per heavy atom. The van der Waals surface area contributed by atoms with Crippen LogP contribution in [-0.4, -0.2) is 7.05 Å². The van der Waals surface area contributed by atoms with Crippen LogP contribution in [0.5, 0.6) is 0 Å². The second kappa shape index (κ2) is 5.70. The van der Waals surface area contributed by atoms with Gasteiger partial charge in [0.25, 0.3) is 0 Å². The van der Waals surface area contributed by atoms with Gasteiger partial charge in [-0.15, -0.1) is 0 Å². The van der Waals surface area contributed by atoms with Crippen molar-refractivity contribution in [2.24, 2.45) is 0 Å². The zero-order chi connectivity index (χ0) is 13.3. The van der Waals surface area contributed by atoms with Crippen LogP contribution in [0.25, 0.3) is 11.0 Å². The van der Waals surface area contributed by atoms with Crippen LogP contribution in [0.4, 0.5) is 0 Å². The van der Waals surface area contributed by atoms with Crippen molar-refractivity contribution >= 4 is 45.8 Å². The second-order valence-electron chi connectivity index (χ2n) is 4.18. The number of halogens is 3. The zero-order valence-corrected chi connectivity index (χ0v) is 12.5. The third kappa shape index (κ3) is 2.48. The highest BCUT2D eigenvalue weighted by Crippen LogP contribution is 2.39. The van der Waals surface area contributed by atoms with Crippen molar-refractivity contribution in [3.63, 3.8) is 0 Å². The molecule has 98 valence electrons. The number of hydrogen-bond donors (Lipinski definition) is 1. The van der Waals surface area contributed by atoms with Crippen LogP contribution in [0.15, 0.2) is 16.5 Å². The van der Waals surface area contributed by atoms with Gasteiger partial charge in [0.1, 0.15) is 5.76 Å². The molecule has 2 nitrogen and oxygen atoms in total. The minimum atomic E-state index is 0.160. The van der Waals surface area contributed by atoms with Gasteiger partial charge in [0, 0.05) is 5.39 Å². The summed E-state index contributed by atoms with van der Waals surface area (Å²) in [4.78, 5) is 0. The van der Waals surface area contributed by atoms with E-state index in [4.69, 9.17) is 39.2 Å². The van der Waals surface area contributed by atoms with E-state index in [-0.39, 0.29) is 6.04 Å². The van der Waals surface area contributed by atoms with Crippen molar-refractivity contribution in [2.75, 3.05) is 7.05 Å². The van der Waals surface area contributed by atoms with E-state index in [9.17, 15) is 0 Å². The number of furan rings is 1. The number of nitrogens with one attached hydrogen (secondary N) is 1. The highest BCUT2D eigenvalue weighted by atomic mass is 35.5. The first-order valence-corrected chi connectivity index (χ1v) is 6.96. The molecule has 0 aliphatic rings. The smallest absolute Gasteiger partial charge is 0.154 e. The summed E-state index contributed by atoms with van der Waals surface area (Å²) in [7, 11) is 1.91. The van der Waals surface area contributed by atoms with Crippen LogP contribution in [0, 0.1) is 0 Å². The largest absolute Gasteiger partial charge is 0.458 e. The molecule has 0 aliphatic carbocycles. The Bertz CT molecular complexity index is 565. The maximum Gasteiger partial charge on any atom is 0.154 e. The molecule has 1 unspecified atom stereocenters. The van der Waals surface area contributed by atoms with Crippen LogP contribution in [0.3, 0.4) is 0 Å². The summed E-state index contributed by atoms with van der Waals surface area (Å²) in [5, 5.41) is 5.39. The van der Waals surface area contributed by atoms with Gasteiger partial charge >= 0.3 is 0 Å². The molecule has 1 aromatic carbocycles. The highest BCUT2D eigenvalue weighted by molar-refractivity contribution is 6.47. The van der Waals surface area contributed by atoms with E-state index in [2.05, 4.69) is 12.2 Å². The average Bonchev–Trinajstić information content (AvgIpc) is 2.78. The molecule has 2 rings (SSSR count). The van der Waals surface area contributed by atoms with E-state index >= 15 is 0 Å². The van der Waals surface area contributed by atoms with Gasteiger partial charge < -0.3 is 9.73 Å². The molecule has 1 N–H and O–H groups in total. The van der Waals surface area contributed by atoms with E-state index in [1.165, 1.54) is 0 Å². The molecule has 18 heavy (non-hydrogen) atoms. The summed E-state index contributed by atoms with van der Waals surface area (Å²) in [5.74, 6) is 0.834. The number of benzene rings is 1. The molecule has 0 aliphatic heterocycles. The van der Waals surface area contributed by atoms with Crippen molar-refractivity contribution in [2.45, 2.75) is 25.8 Å². The molecule has 0 amide bonds. The molecule has 1 heterocycles. The van der Waals surface area contributed by atoms with Crippen LogP contribution < -0.4 is 5.32 Å². The number of rotatable bonds is 4. The lowest BCUT2D eigenvalue weighted by atomic mass is 10.1. The summed E-state index contributed by atoms with van der Waals surface area (Å²) in [6.07, 6.45) is 2.05. The fraction of sp³-hybridized carbons (Fsp3) is 0.385. The lowest BCUT2D eigenvalue weighted by molar-refractivity contribution is 0.430. The van der Waals surface area contributed by atoms with Gasteiger partial charge in [-0.3, -0.25) is 0 Å². The predicted octanol–water partition coefficient (Wildman–Crippen LogP) is 5.45. The summed E-state index contributed by atoms with van der Waals surface area (Å²) >= 11 is 18.3. The van der Waals surface area contributed by atoms with Crippen molar-refractivity contribution < 1.29 is 4.42 Å². The molecule has 0 saturated heterocycles. The minimum Gasteiger partial charge on any atom is -0.458 e. The normalized spacial score (nSPS) is 13.2. The van der Waals surface area contributed by atoms with E-state index in [0.29, 0.717) is 20.7 Å². The Kier molecular flexibility index (Phi) is 4.44. The van der Waals surface area contributed by atoms with Gasteiger partial charge in [-0.1, -0.05) is 48.1 Å². The van der Waals surface area contributed by atoms with E-state index in [0.717, 1.165) is 24.0 Å². The fourth-order valence-corrected chi connectivity index (χ4v) is 2.72. The fourth-order valence-electron chi connectivity index (χ4n) is 2.01. The standard InChI is InChI=1S/C13H14Cl3NO/c1-3-4-10(17-2)11-5-7-12(16)8(14)6-9(15)13(7)18-11/h5-6,10,17H,3-4H2,1-2H3. The Balaban J connectivity index is 2.56. The first-order chi connectivity index (χ1) is 8.58. The Labute approximate surface area is 121 Å². The maximum absolute atomic E-state index is 6.17. The van der Waals surface area contributed by atoms with Gasteiger partial charge in [-0.2, -0.15) is 0 Å². The monoisotopic (exact) mass is 305 g/mol. The van der Waals surface area contributed by atoms with Crippen molar-refractivity contribution in [1.82, 2.24) is 5.32 Å². The summed E-state index contributed by atoms with van der Waals surface area (Å²) in [6.45, 7) is 2.13. The first kappa shape index (κ1) is 14.0. The molecule has 5 heteroatoms. The summed E-state index contributed by atoms with van der Waals surface area (Å²) in [6, 6.07) is 3.68. The van der Waals surface area contributed by atoms with Crippen LogP contribution >= 0.6 is 34.8 Å². The van der Waals surface area contributed by atoms with Crippen LogP contribution in [-0.2, 0) is 0 Å². The number of hydrogen-bond acceptors (Lipinski definition) is 2. The molecular weight excluding hydrogens is 293 g/mol. The summed E-state index contributed by atoms with van der Waals surface area (Å²) < 4.78 is 5.80. The van der Waals surface area contributed by atoms with Gasteiger partial charge in [-0.25, -0.2) is 0 Å². The Hall–Kier alpha value is -0.410. The third-order valence-electron chi connectivity index (χ3n) is 2.94. The molecule has 0 spiro atoms. The lowest BCUT2D eigenvalue weighted by Crippen LogP contribution is -2.15. The molecule has 0 fully saturated rings. The molecule has 1 aromatic heterocycles. The van der Waals surface area contributed by atoms with Crippen molar-refractivity contribution in [1.29, 1.82) is 0 Å². The van der Waals surface area contributed by atoms with E-state index < -0.39 is 0 Å². The quantitative estimate of drug-likeness (QED) is 0.759. The Morgan fingerprint density at radius 1 is 1.22 bits per heavy atom. The first-order valence-electron chi connectivity index (χ1n) is 5.82. The van der Waals surface area contributed by atoms with Gasteiger partial charge in [0.2, 0.25) is 0 Å². The van der Waals surface area contributed by atoms with Crippen molar-refractivity contribution in [3.05, 3.63) is 33.0 Å². The van der Waals surface area contributed by atoms with E-state index in [1.807, 2.05) is 13.1 Å². The SMILES string of the molecule is CCCC(NC)c1cc2c(Cl)c(Cl)cc(Cl)c2o1. The average molecular weight is 307 g/mol. The topological polar surface area (TPSA) is 25.2 Å².